The zero-order chi connectivity index (χ0) is 15.7. The van der Waals surface area contributed by atoms with Crippen molar-refractivity contribution in [2.75, 3.05) is 0 Å². The third-order valence-corrected chi connectivity index (χ3v) is 3.34. The zero-order valence-electron chi connectivity index (χ0n) is 12.6. The van der Waals surface area contributed by atoms with E-state index in [2.05, 4.69) is 5.10 Å². The molecule has 1 heterocycles. The minimum absolute atomic E-state index is 0.222. The van der Waals surface area contributed by atoms with E-state index in [1.54, 1.807) is 26.0 Å². The van der Waals surface area contributed by atoms with Crippen molar-refractivity contribution in [3.8, 4) is 17.0 Å². The van der Waals surface area contributed by atoms with Gasteiger partial charge >= 0.3 is 5.56 Å². The van der Waals surface area contributed by atoms with Crippen molar-refractivity contribution in [2.45, 2.75) is 34.2 Å². The third-order valence-electron chi connectivity index (χ3n) is 3.34. The molecule has 1 aromatic heterocycles. The summed E-state index contributed by atoms with van der Waals surface area (Å²) in [5.74, 6) is -0.376. The number of halogens is 1. The fourth-order valence-corrected chi connectivity index (χ4v) is 2.17. The van der Waals surface area contributed by atoms with E-state index in [4.69, 9.17) is 0 Å². The van der Waals surface area contributed by atoms with Crippen LogP contribution in [0.2, 0.25) is 0 Å². The molecule has 0 atom stereocenters. The van der Waals surface area contributed by atoms with Gasteiger partial charge in [0.1, 0.15) is 5.82 Å². The second-order valence-corrected chi connectivity index (χ2v) is 5.67. The molecule has 2 aromatic rings. The van der Waals surface area contributed by atoms with Crippen LogP contribution in [0.4, 0.5) is 4.39 Å². The van der Waals surface area contributed by atoms with Crippen LogP contribution in [-0.2, 0) is 6.54 Å². The van der Waals surface area contributed by atoms with Gasteiger partial charge in [0.2, 0.25) is 0 Å². The molecule has 0 aliphatic rings. The topological polar surface area (TPSA) is 55.1 Å². The Morgan fingerprint density at radius 2 is 2.00 bits per heavy atom. The van der Waals surface area contributed by atoms with Gasteiger partial charge in [-0.05, 0) is 43.5 Å². The number of rotatable bonds is 3. The first-order chi connectivity index (χ1) is 9.81. The summed E-state index contributed by atoms with van der Waals surface area (Å²) in [6.45, 7) is 7.65. The minimum atomic E-state index is -0.496. The molecule has 0 bridgehead atoms. The summed E-state index contributed by atoms with van der Waals surface area (Å²) in [4.78, 5) is 12.0. The SMILES string of the molecule is Cc1cc(-c2nn(CC(C)C)c(=O)c(O)c2C)ccc1F. The van der Waals surface area contributed by atoms with Crippen LogP contribution < -0.4 is 5.56 Å². The van der Waals surface area contributed by atoms with E-state index in [0.29, 0.717) is 28.9 Å². The lowest BCUT2D eigenvalue weighted by Gasteiger charge is -2.13. The van der Waals surface area contributed by atoms with E-state index in [-0.39, 0.29) is 17.5 Å². The highest BCUT2D eigenvalue weighted by molar-refractivity contribution is 5.65. The average Bonchev–Trinajstić information content (AvgIpc) is 2.42. The van der Waals surface area contributed by atoms with E-state index >= 15 is 0 Å². The van der Waals surface area contributed by atoms with Gasteiger partial charge < -0.3 is 5.11 Å². The lowest BCUT2D eigenvalue weighted by atomic mass is 10.0. The molecule has 0 aliphatic heterocycles. The summed E-state index contributed by atoms with van der Waals surface area (Å²) in [5, 5.41) is 14.4. The second-order valence-electron chi connectivity index (χ2n) is 5.67. The van der Waals surface area contributed by atoms with Crippen molar-refractivity contribution in [1.82, 2.24) is 9.78 Å². The van der Waals surface area contributed by atoms with Crippen molar-refractivity contribution in [3.05, 3.63) is 45.5 Å². The van der Waals surface area contributed by atoms with Crippen molar-refractivity contribution in [3.63, 3.8) is 0 Å². The van der Waals surface area contributed by atoms with E-state index < -0.39 is 5.56 Å². The van der Waals surface area contributed by atoms with Crippen LogP contribution >= 0.6 is 0 Å². The van der Waals surface area contributed by atoms with Crippen LogP contribution in [0.3, 0.4) is 0 Å². The Bertz CT molecular complexity index is 736. The van der Waals surface area contributed by atoms with Crippen molar-refractivity contribution in [1.29, 1.82) is 0 Å². The Hall–Kier alpha value is -2.17. The molecule has 0 unspecified atom stereocenters. The fraction of sp³-hybridized carbons (Fsp3) is 0.375. The van der Waals surface area contributed by atoms with E-state index in [9.17, 15) is 14.3 Å². The largest absolute Gasteiger partial charge is 0.503 e. The molecule has 1 aromatic carbocycles. The van der Waals surface area contributed by atoms with E-state index in [1.807, 2.05) is 13.8 Å². The molecular formula is C16H19FN2O2. The van der Waals surface area contributed by atoms with Crippen LogP contribution in [-0.4, -0.2) is 14.9 Å². The molecule has 0 aliphatic carbocycles. The summed E-state index contributed by atoms with van der Waals surface area (Å²) in [7, 11) is 0. The van der Waals surface area contributed by atoms with Crippen LogP contribution in [0, 0.1) is 25.6 Å². The number of hydrogen-bond acceptors (Lipinski definition) is 3. The molecular weight excluding hydrogens is 271 g/mol. The number of hydrogen-bond donors (Lipinski definition) is 1. The summed E-state index contributed by atoms with van der Waals surface area (Å²) < 4.78 is 14.6. The third kappa shape index (κ3) is 2.96. The molecule has 0 radical (unpaired) electrons. The van der Waals surface area contributed by atoms with Crippen LogP contribution in [0.25, 0.3) is 11.3 Å². The molecule has 21 heavy (non-hydrogen) atoms. The molecule has 4 nitrogen and oxygen atoms in total. The number of nitrogens with zero attached hydrogens (tertiary/aromatic N) is 2. The highest BCUT2D eigenvalue weighted by Crippen LogP contribution is 2.26. The quantitative estimate of drug-likeness (QED) is 0.945. The first kappa shape index (κ1) is 15.2. The molecule has 2 rings (SSSR count). The van der Waals surface area contributed by atoms with Crippen molar-refractivity contribution in [2.24, 2.45) is 5.92 Å². The van der Waals surface area contributed by atoms with Gasteiger partial charge in [0, 0.05) is 17.7 Å². The van der Waals surface area contributed by atoms with Crippen LogP contribution in [0.15, 0.2) is 23.0 Å². The number of benzene rings is 1. The highest BCUT2D eigenvalue weighted by atomic mass is 19.1. The van der Waals surface area contributed by atoms with Crippen LogP contribution in [0.5, 0.6) is 5.75 Å². The lowest BCUT2D eigenvalue weighted by Crippen LogP contribution is -2.26. The lowest BCUT2D eigenvalue weighted by molar-refractivity contribution is 0.417. The van der Waals surface area contributed by atoms with Gasteiger partial charge in [-0.25, -0.2) is 9.07 Å². The van der Waals surface area contributed by atoms with Gasteiger partial charge in [-0.1, -0.05) is 13.8 Å². The fourth-order valence-electron chi connectivity index (χ4n) is 2.17. The summed E-state index contributed by atoms with van der Waals surface area (Å²) in [5.41, 5.74) is 1.58. The standard InChI is InChI=1S/C16H19FN2O2/c1-9(2)8-19-16(21)15(20)11(4)14(18-19)12-5-6-13(17)10(3)7-12/h5-7,9,20H,8H2,1-4H3. The normalized spacial score (nSPS) is 11.1. The average molecular weight is 290 g/mol. The van der Waals surface area contributed by atoms with Gasteiger partial charge in [0.25, 0.3) is 0 Å². The Balaban J connectivity index is 2.65. The van der Waals surface area contributed by atoms with Gasteiger partial charge in [-0.3, -0.25) is 4.79 Å². The molecule has 0 amide bonds. The first-order valence-corrected chi connectivity index (χ1v) is 6.88. The number of aromatic nitrogens is 2. The predicted molar refractivity (Wildman–Crippen MR) is 79.9 cm³/mol. The maximum Gasteiger partial charge on any atom is 0.309 e. The number of aromatic hydroxyl groups is 1. The summed E-state index contributed by atoms with van der Waals surface area (Å²) in [6.07, 6.45) is 0. The van der Waals surface area contributed by atoms with Crippen molar-refractivity contribution >= 4 is 0 Å². The maximum atomic E-state index is 13.4. The Morgan fingerprint density at radius 1 is 1.33 bits per heavy atom. The van der Waals surface area contributed by atoms with E-state index in [0.717, 1.165) is 0 Å². The summed E-state index contributed by atoms with van der Waals surface area (Å²) >= 11 is 0. The molecule has 5 heteroatoms. The molecule has 0 fully saturated rings. The van der Waals surface area contributed by atoms with Gasteiger partial charge in [-0.2, -0.15) is 5.10 Å². The van der Waals surface area contributed by atoms with Crippen molar-refractivity contribution < 1.29 is 9.50 Å². The van der Waals surface area contributed by atoms with Gasteiger partial charge in [0.05, 0.1) is 5.69 Å². The Morgan fingerprint density at radius 3 is 2.57 bits per heavy atom. The Labute approximate surface area is 122 Å². The van der Waals surface area contributed by atoms with Gasteiger partial charge in [-0.15, -0.1) is 0 Å². The molecule has 0 saturated heterocycles. The minimum Gasteiger partial charge on any atom is -0.503 e. The molecule has 0 saturated carbocycles. The summed E-state index contributed by atoms with van der Waals surface area (Å²) in [6, 6.07) is 4.62. The molecule has 112 valence electrons. The van der Waals surface area contributed by atoms with Gasteiger partial charge in [0.15, 0.2) is 5.75 Å². The smallest absolute Gasteiger partial charge is 0.309 e. The zero-order valence-corrected chi connectivity index (χ0v) is 12.6. The first-order valence-electron chi connectivity index (χ1n) is 6.88. The Kier molecular flexibility index (Phi) is 4.11. The van der Waals surface area contributed by atoms with Crippen LogP contribution in [0.1, 0.15) is 25.0 Å². The predicted octanol–water partition coefficient (Wildman–Crippen LogP) is 3.03. The molecule has 0 spiro atoms. The number of aryl methyl sites for hydroxylation is 1. The van der Waals surface area contributed by atoms with E-state index in [1.165, 1.54) is 10.7 Å². The maximum absolute atomic E-state index is 13.4. The monoisotopic (exact) mass is 290 g/mol. The second kappa shape index (κ2) is 5.68. The molecule has 1 N–H and O–H groups in total. The highest BCUT2D eigenvalue weighted by Gasteiger charge is 2.16.